The van der Waals surface area contributed by atoms with Crippen molar-refractivity contribution >= 4 is 54.7 Å². The van der Waals surface area contributed by atoms with Crippen LogP contribution in [0.1, 0.15) is 187 Å². The van der Waals surface area contributed by atoms with E-state index in [4.69, 9.17) is 16.2 Å². The Balaban J connectivity index is 0.789. The molecule has 11 nitrogen and oxygen atoms in total. The van der Waals surface area contributed by atoms with E-state index in [0.29, 0.717) is 83.3 Å². The number of aryl methyl sites for hydroxylation is 1. The molecule has 2 spiro atoms. The summed E-state index contributed by atoms with van der Waals surface area (Å²) in [7, 11) is 7.18. The first kappa shape index (κ1) is 65.2. The molecule has 18 rings (SSSR count). The number of carbonyl (C=O) groups excluding carboxylic acids is 2. The number of aromatic hydroxyl groups is 2. The number of carbonyl (C=O) groups is 2. The van der Waals surface area contributed by atoms with Gasteiger partial charge in [-0.2, -0.15) is 0 Å². The third kappa shape index (κ3) is 10.6. The first-order valence-corrected chi connectivity index (χ1v) is 41.3. The fraction of sp³-hybridized carbons (Fsp3) is 0.537. The van der Waals surface area contributed by atoms with Crippen LogP contribution in [0.3, 0.4) is 0 Å². The van der Waals surface area contributed by atoms with Crippen molar-refractivity contribution in [3.8, 4) is 29.1 Å². The van der Waals surface area contributed by atoms with E-state index in [9.17, 15) is 35.1 Å². The number of allylic oxidation sites excluding steroid dienone is 5. The Morgan fingerprint density at radius 2 is 1.57 bits per heavy atom. The number of ketones is 2. The minimum atomic E-state index is -1.18. The first-order valence-electron chi connectivity index (χ1n) is 36.4. The summed E-state index contributed by atoms with van der Waals surface area (Å²) in [5.74, 6) is 10.1. The zero-order valence-corrected chi connectivity index (χ0v) is 58.7. The average molecular weight is 1380 g/mol. The number of nitrogens with two attached hydrogens (primary N) is 2. The maximum atomic E-state index is 15.0. The van der Waals surface area contributed by atoms with Crippen LogP contribution in [-0.4, -0.2) is 83.3 Å². The summed E-state index contributed by atoms with van der Waals surface area (Å²) in [4.78, 5) is 32.8. The molecule has 15 heteroatoms. The molecular formula is C82H93N3O8S4. The fourth-order valence-corrected chi connectivity index (χ4v) is 29.6. The Labute approximate surface area is 587 Å². The van der Waals surface area contributed by atoms with E-state index in [-0.39, 0.29) is 107 Å². The molecule has 10 N–H and O–H groups in total. The van der Waals surface area contributed by atoms with Crippen molar-refractivity contribution in [1.82, 2.24) is 4.98 Å². The highest BCUT2D eigenvalue weighted by Crippen LogP contribution is 2.78. The van der Waals surface area contributed by atoms with Crippen LogP contribution in [-0.2, 0) is 36.2 Å². The molecule has 0 amide bonds. The van der Waals surface area contributed by atoms with Gasteiger partial charge < -0.3 is 46.7 Å². The van der Waals surface area contributed by atoms with Crippen molar-refractivity contribution in [2.24, 2.45) is 86.4 Å². The van der Waals surface area contributed by atoms with Gasteiger partial charge in [-0.3, -0.25) is 9.59 Å². The molecule has 1 aromatic heterocycles. The van der Waals surface area contributed by atoms with E-state index in [2.05, 4.69) is 77.5 Å². The molecule has 17 atom stereocenters. The quantitative estimate of drug-likeness (QED) is 0.0358. The van der Waals surface area contributed by atoms with Crippen LogP contribution in [0.5, 0.6) is 17.2 Å². The van der Waals surface area contributed by atoms with E-state index < -0.39 is 34.1 Å². The van der Waals surface area contributed by atoms with Gasteiger partial charge in [0, 0.05) is 76.9 Å². The molecule has 0 saturated heterocycles. The number of benzene rings is 4. The zero-order valence-electron chi connectivity index (χ0n) is 55.5. The maximum absolute atomic E-state index is 15.0. The van der Waals surface area contributed by atoms with Gasteiger partial charge in [-0.1, -0.05) is 147 Å². The van der Waals surface area contributed by atoms with Crippen LogP contribution in [0.2, 0.25) is 0 Å². The maximum Gasteiger partial charge on any atom is 0.165 e. The van der Waals surface area contributed by atoms with Crippen LogP contribution < -0.4 is 16.2 Å². The topological polar surface area (TPSA) is 212 Å². The normalized spacial score (nSPS) is 38.0. The standard InChI is InChI=1S/C82H93N3O8S4/c83-76(84)61-37-50-7-5-9-67-59(23-32-85-67)70(90)40-62-60(50)38-53(61)44-94-95-45-56-41-78(27-21-57(87)15-10-48-12-17-69(89)71(35-48)93-33-24-49-11-16-68(88)63(62)34-49)47-81(56,91)74-19-14-55(78)42-80-31-30-79(66(46-96-97-74)64(43-86)58-8-2-1-6-51(58)39-73(79)80)29-20-54-36-52-13-18-72(80)82(54,92)65-22-28-77(75(52)65)25-3-4-26-77/h1-2,6,8,11-12,14,16-17,19,21,23,27,30-32,34-35,37-38,52,54-56,62,64-66,72-76,85-86,88-89,91-92H,3-4,9-10,13,15,18,20,22,24-26,28-29,33,36,39-47,83-84H2/b27-21+/t52-,54+,55-,56+,62-,64-,65+,66+,72+,73-,74+,75+,78-,79+,80+,81+,82-/m0/s1. The van der Waals surface area contributed by atoms with Crippen molar-refractivity contribution in [1.29, 1.82) is 0 Å². The summed E-state index contributed by atoms with van der Waals surface area (Å²) >= 11 is 0. The average Bonchev–Trinajstić information content (AvgIpc) is 1.52. The molecular weight excluding hydrogens is 1280 g/mol. The van der Waals surface area contributed by atoms with Crippen LogP contribution in [0.25, 0.3) is 0 Å². The second-order valence-corrected chi connectivity index (χ2v) is 37.1. The number of aromatic nitrogens is 1. The number of aliphatic hydroxyl groups is 3. The molecule has 0 radical (unpaired) electrons. The number of Topliss-reactive ketones (excluding diaryl/α,β-unsaturated/α-hetero) is 1. The minimum Gasteiger partial charge on any atom is -0.508 e. The van der Waals surface area contributed by atoms with Gasteiger partial charge in [-0.15, -0.1) is 0 Å². The number of hydrogen-bond acceptors (Lipinski definition) is 14. The Morgan fingerprint density at radius 3 is 2.42 bits per heavy atom. The summed E-state index contributed by atoms with van der Waals surface area (Å²) in [6.07, 6.45) is 32.6. The van der Waals surface area contributed by atoms with Crippen molar-refractivity contribution in [3.63, 3.8) is 0 Å². The van der Waals surface area contributed by atoms with E-state index in [1.54, 1.807) is 39.9 Å². The Bertz CT molecular complexity index is 4110. The second kappa shape index (κ2) is 25.1. The minimum absolute atomic E-state index is 0.000667. The van der Waals surface area contributed by atoms with Gasteiger partial charge in [-0.05, 0) is 240 Å². The zero-order chi connectivity index (χ0) is 66.2. The molecule has 97 heavy (non-hydrogen) atoms. The molecule has 0 unspecified atom stereocenters. The number of hydrogen-bond donors (Lipinski definition) is 8. The summed E-state index contributed by atoms with van der Waals surface area (Å²) in [6, 6.07) is 25.8. The molecule has 11 aliphatic carbocycles. The van der Waals surface area contributed by atoms with Crippen molar-refractivity contribution < 1.29 is 39.9 Å². The lowest BCUT2D eigenvalue weighted by Crippen LogP contribution is -2.63. The highest BCUT2D eigenvalue weighted by atomic mass is 33.1. The molecule has 7 saturated carbocycles. The predicted octanol–water partition coefficient (Wildman–Crippen LogP) is 15.0. The lowest BCUT2D eigenvalue weighted by molar-refractivity contribution is -0.205. The Morgan fingerprint density at radius 1 is 0.732 bits per heavy atom. The molecule has 508 valence electrons. The van der Waals surface area contributed by atoms with Crippen LogP contribution in [0.15, 0.2) is 122 Å². The third-order valence-electron chi connectivity index (χ3n) is 28.0. The van der Waals surface area contributed by atoms with Crippen LogP contribution in [0, 0.1) is 86.8 Å². The molecule has 19 bridgehead atoms. The number of ether oxygens (including phenoxy) is 1. The van der Waals surface area contributed by atoms with Crippen LogP contribution in [0.4, 0.5) is 0 Å². The van der Waals surface area contributed by atoms with Gasteiger partial charge in [0.05, 0.1) is 42.3 Å². The first-order chi connectivity index (χ1) is 47.0. The largest absolute Gasteiger partial charge is 0.508 e. The Hall–Kier alpha value is -5.12. The highest BCUT2D eigenvalue weighted by molar-refractivity contribution is 8.77. The number of phenolic OH excluding ortho intramolecular Hbond substituents is 2. The number of fused-ring (bicyclic) bond motifs is 15. The fourth-order valence-electron chi connectivity index (χ4n) is 23.7. The summed E-state index contributed by atoms with van der Waals surface area (Å²) in [5.41, 5.74) is 19.9. The molecule has 13 aliphatic rings. The van der Waals surface area contributed by atoms with Gasteiger partial charge in [0.2, 0.25) is 0 Å². The summed E-state index contributed by atoms with van der Waals surface area (Å²) in [6.45, 7) is 0.272. The number of aliphatic hydroxyl groups excluding tert-OH is 1. The van der Waals surface area contributed by atoms with Crippen molar-refractivity contribution in [3.05, 3.63) is 183 Å². The lowest BCUT2D eigenvalue weighted by Gasteiger charge is -2.62. The van der Waals surface area contributed by atoms with Gasteiger partial charge >= 0.3 is 0 Å². The van der Waals surface area contributed by atoms with Gasteiger partial charge in [0.15, 0.2) is 23.1 Å². The number of rotatable bonds is 2. The molecule has 3 heterocycles. The monoisotopic (exact) mass is 1380 g/mol. The van der Waals surface area contributed by atoms with E-state index in [1.165, 1.54) is 43.2 Å². The Kier molecular flexibility index (Phi) is 16.9. The highest BCUT2D eigenvalue weighted by Gasteiger charge is 2.74. The number of phenols is 2. The second-order valence-electron chi connectivity index (χ2n) is 32.0. The van der Waals surface area contributed by atoms with Gasteiger partial charge in [-0.25, -0.2) is 0 Å². The smallest absolute Gasteiger partial charge is 0.165 e. The molecule has 5 aromatic rings. The third-order valence-corrected chi connectivity index (χ3v) is 33.2. The SMILES string of the molecule is NC(N)c1cc2c3cc1CSSC[C@H]1C[C@@]4(/C=C/C(=O)CCc5ccc(O)c(c5)OCCc5ccc(O)c(c5)[C@H]3CC(=O)c3cc[nH]c3CC#C2)C[C@]1(O)[C@H]1C=C[C@H]4C[C@]23C=C[C@@]4(CC[C@@H]5C[C@@H]6CC[C@H]2[C@@]5(O)[C@@H]2CCC5(CCCC5)[C@H]62)[C@@H]3Cc2ccccc2[C@H](CO)[C@H]4CSS1. The number of nitrogens with one attached hydrogen (secondary N) is 1. The van der Waals surface area contributed by atoms with Crippen LogP contribution >= 0.6 is 43.2 Å². The lowest BCUT2D eigenvalue weighted by atomic mass is 9.44. The predicted molar refractivity (Wildman–Crippen MR) is 389 cm³/mol. The van der Waals surface area contributed by atoms with E-state index in [0.717, 1.165) is 90.6 Å². The summed E-state index contributed by atoms with van der Waals surface area (Å²) < 4.78 is 6.37. The number of H-pyrrole nitrogens is 1. The van der Waals surface area contributed by atoms with E-state index in [1.807, 2.05) is 64.1 Å². The molecule has 7 fully saturated rings. The number of aromatic amines is 1. The van der Waals surface area contributed by atoms with Crippen molar-refractivity contribution in [2.75, 3.05) is 24.7 Å². The molecule has 4 aromatic carbocycles. The van der Waals surface area contributed by atoms with Gasteiger partial charge in [0.1, 0.15) is 5.75 Å². The van der Waals surface area contributed by atoms with Gasteiger partial charge in [0.25, 0.3) is 0 Å². The van der Waals surface area contributed by atoms with Crippen molar-refractivity contribution in [2.45, 2.75) is 169 Å². The molecule has 2 aliphatic heterocycles. The summed E-state index contributed by atoms with van der Waals surface area (Å²) in [5, 5.41) is 64.2. The van der Waals surface area contributed by atoms with E-state index >= 15 is 0 Å².